The number of likely N-dealkylation sites (N-methyl/N-ethyl adjacent to an activating group) is 1. The summed E-state index contributed by atoms with van der Waals surface area (Å²) in [6, 6.07) is 5.27. The molecule has 9 heteroatoms. The van der Waals surface area contributed by atoms with Crippen LogP contribution in [-0.4, -0.2) is 72.5 Å². The molecule has 5 aliphatic rings. The third-order valence-corrected chi connectivity index (χ3v) is 16.2. The van der Waals surface area contributed by atoms with Crippen LogP contribution in [0.15, 0.2) is 29.3 Å². The number of nitrogens with zero attached hydrogens (tertiary/aromatic N) is 2. The third kappa shape index (κ3) is 7.83. The molecule has 0 heterocycles. The zero-order chi connectivity index (χ0) is 40.2. The number of hydrogen-bond acceptors (Lipinski definition) is 6. The monoisotopic (exact) mass is 782 g/mol. The molecular weight excluding hydrogens is 715 g/mol. The van der Waals surface area contributed by atoms with Gasteiger partial charge in [-0.2, -0.15) is 0 Å². The Morgan fingerprint density at radius 1 is 1.00 bits per heavy atom. The zero-order valence-corrected chi connectivity index (χ0v) is 35.9. The van der Waals surface area contributed by atoms with Gasteiger partial charge in [-0.1, -0.05) is 63.9 Å². The number of ether oxygens (including phenoxy) is 1. The Labute approximate surface area is 335 Å². The van der Waals surface area contributed by atoms with E-state index in [9.17, 15) is 19.5 Å². The van der Waals surface area contributed by atoms with Gasteiger partial charge in [0, 0.05) is 37.0 Å². The molecule has 4 saturated carbocycles. The van der Waals surface area contributed by atoms with Gasteiger partial charge in [0.05, 0.1) is 16.9 Å². The van der Waals surface area contributed by atoms with E-state index >= 15 is 4.39 Å². The first-order chi connectivity index (χ1) is 25.7. The normalized spacial score (nSPS) is 34.8. The molecule has 5 aliphatic carbocycles. The van der Waals surface area contributed by atoms with E-state index in [1.165, 1.54) is 5.57 Å². The maximum atomic E-state index is 15.2. The van der Waals surface area contributed by atoms with Gasteiger partial charge in [-0.25, -0.2) is 4.39 Å². The van der Waals surface area contributed by atoms with Crippen molar-refractivity contribution in [3.63, 3.8) is 0 Å². The number of carbonyl (C=O) groups excluding carboxylic acids is 2. The second kappa shape index (κ2) is 15.8. The predicted molar refractivity (Wildman–Crippen MR) is 216 cm³/mol. The topological polar surface area (TPSA) is 87.2 Å². The average Bonchev–Trinajstić information content (AvgIpc) is 3.41. The molecule has 1 aromatic carbocycles. The number of aliphatic carboxylic acids is 1. The van der Waals surface area contributed by atoms with Crippen molar-refractivity contribution in [1.29, 1.82) is 0 Å². The zero-order valence-electron chi connectivity index (χ0n) is 35.1. The van der Waals surface area contributed by atoms with Crippen molar-refractivity contribution >= 4 is 29.3 Å². The summed E-state index contributed by atoms with van der Waals surface area (Å²) in [5, 5.41) is 9.73. The van der Waals surface area contributed by atoms with Gasteiger partial charge in [0.1, 0.15) is 11.9 Å². The van der Waals surface area contributed by atoms with E-state index in [1.807, 2.05) is 12.1 Å². The Morgan fingerprint density at radius 3 is 2.35 bits per heavy atom. The highest BCUT2D eigenvalue weighted by Gasteiger charge is 2.65. The van der Waals surface area contributed by atoms with Crippen LogP contribution in [0.25, 0.3) is 0 Å². The number of allylic oxidation sites excluding steroid dienone is 2. The summed E-state index contributed by atoms with van der Waals surface area (Å²) in [4.78, 5) is 43.4. The van der Waals surface area contributed by atoms with Crippen LogP contribution in [0.4, 0.5) is 4.39 Å². The molecule has 306 valence electrons. The van der Waals surface area contributed by atoms with Gasteiger partial charge in [-0.3, -0.25) is 19.3 Å². The molecule has 9 atom stereocenters. The van der Waals surface area contributed by atoms with Gasteiger partial charge in [0.15, 0.2) is 5.78 Å². The second-order valence-corrected chi connectivity index (χ2v) is 20.6. The molecule has 4 fully saturated rings. The van der Waals surface area contributed by atoms with Crippen molar-refractivity contribution in [1.82, 2.24) is 9.80 Å². The van der Waals surface area contributed by atoms with E-state index in [4.69, 9.17) is 16.3 Å². The Hall–Kier alpha value is -2.29. The molecule has 0 radical (unpaired) electrons. The van der Waals surface area contributed by atoms with Crippen molar-refractivity contribution in [2.45, 2.75) is 132 Å². The molecule has 6 rings (SSSR count). The summed E-state index contributed by atoms with van der Waals surface area (Å²) in [6.45, 7) is 17.9. The minimum Gasteiger partial charge on any atom is -0.481 e. The summed E-state index contributed by atoms with van der Waals surface area (Å²) in [6.07, 6.45) is 9.71. The molecule has 7 nitrogen and oxygen atoms in total. The van der Waals surface area contributed by atoms with Gasteiger partial charge < -0.3 is 14.7 Å². The standard InChI is InChI=1S/C46H68ClFN2O5/c1-28(2)39-35(51)25-46(21-22-50(24-23-49(8)9)27-30-11-10-12-34(47)41(30)48)20-16-33-31(40(39)46)13-14-37-44(6)19-17-36(29(3)32(44)15-18-45(33,37)7)55-38(52)26-43(4,5)42(53)54/h10-12,28-29,31-33,36-37H,13-27H2,1-9H3,(H,53,54). The Bertz CT molecular complexity index is 1670. The summed E-state index contributed by atoms with van der Waals surface area (Å²) in [5.74, 6) is 0.970. The fraction of sp³-hybridized carbons (Fsp3) is 0.761. The number of rotatable bonds is 13. The van der Waals surface area contributed by atoms with Gasteiger partial charge in [0.2, 0.25) is 0 Å². The Morgan fingerprint density at radius 2 is 1.67 bits per heavy atom. The third-order valence-electron chi connectivity index (χ3n) is 15.9. The highest BCUT2D eigenvalue weighted by atomic mass is 35.5. The van der Waals surface area contributed by atoms with Gasteiger partial charge in [-0.05, 0) is 150 Å². The predicted octanol–water partition coefficient (Wildman–Crippen LogP) is 9.85. The lowest BCUT2D eigenvalue weighted by Gasteiger charge is -2.67. The van der Waals surface area contributed by atoms with Crippen LogP contribution in [0.1, 0.15) is 125 Å². The SMILES string of the molecule is CC(C)C1=C2C3CCC4C(C)(CCC5C(C)C(OC(=O)CC(C)(C)C(=O)O)CCC54C)C3CCC2(CCN(CCN(C)C)Cc2cccc(Cl)c2F)CC1=O. The summed E-state index contributed by atoms with van der Waals surface area (Å²) >= 11 is 6.21. The highest BCUT2D eigenvalue weighted by Crippen LogP contribution is 2.72. The molecule has 0 spiro atoms. The summed E-state index contributed by atoms with van der Waals surface area (Å²) in [7, 11) is 4.14. The lowest BCUT2D eigenvalue weighted by atomic mass is 9.38. The van der Waals surface area contributed by atoms with E-state index in [0.29, 0.717) is 48.0 Å². The molecule has 0 bridgehead atoms. The number of carbonyl (C=O) groups is 3. The number of halogens is 2. The maximum absolute atomic E-state index is 15.2. The quantitative estimate of drug-likeness (QED) is 0.200. The number of Topliss-reactive ketones (excluding diaryl/α,β-unsaturated/α-hetero) is 1. The van der Waals surface area contributed by atoms with E-state index in [2.05, 4.69) is 58.5 Å². The highest BCUT2D eigenvalue weighted by molar-refractivity contribution is 6.30. The van der Waals surface area contributed by atoms with Crippen LogP contribution in [0, 0.1) is 63.0 Å². The summed E-state index contributed by atoms with van der Waals surface area (Å²) < 4.78 is 21.2. The lowest BCUT2D eigenvalue weighted by Crippen LogP contribution is -2.60. The number of carboxylic acid groups (broad SMARTS) is 1. The molecule has 1 N–H and O–H groups in total. The van der Waals surface area contributed by atoms with E-state index in [1.54, 1.807) is 19.9 Å². The number of carboxylic acids is 1. The minimum absolute atomic E-state index is 0.121. The van der Waals surface area contributed by atoms with Crippen LogP contribution in [0.5, 0.6) is 0 Å². The molecular formula is C46H68ClFN2O5. The van der Waals surface area contributed by atoms with Crippen LogP contribution < -0.4 is 0 Å². The fourth-order valence-corrected chi connectivity index (χ4v) is 13.2. The van der Waals surface area contributed by atoms with Crippen molar-refractivity contribution in [2.75, 3.05) is 33.7 Å². The van der Waals surface area contributed by atoms with E-state index in [0.717, 1.165) is 83.0 Å². The first-order valence-electron chi connectivity index (χ1n) is 21.2. The molecule has 9 unspecified atom stereocenters. The molecule has 0 saturated heterocycles. The number of ketones is 1. The summed E-state index contributed by atoms with van der Waals surface area (Å²) in [5.41, 5.74) is 2.23. The number of esters is 1. The van der Waals surface area contributed by atoms with Crippen LogP contribution >= 0.6 is 11.6 Å². The molecule has 1 aromatic rings. The van der Waals surface area contributed by atoms with Crippen molar-refractivity contribution in [3.05, 3.63) is 45.7 Å². The molecule has 55 heavy (non-hydrogen) atoms. The lowest BCUT2D eigenvalue weighted by molar-refractivity contribution is -0.192. The van der Waals surface area contributed by atoms with Crippen molar-refractivity contribution in [2.24, 2.45) is 57.2 Å². The smallest absolute Gasteiger partial charge is 0.309 e. The fourth-order valence-electron chi connectivity index (χ4n) is 13.0. The first-order valence-corrected chi connectivity index (χ1v) is 21.6. The van der Waals surface area contributed by atoms with Gasteiger partial charge >= 0.3 is 11.9 Å². The molecule has 0 amide bonds. The van der Waals surface area contributed by atoms with E-state index in [-0.39, 0.29) is 51.4 Å². The van der Waals surface area contributed by atoms with E-state index < -0.39 is 17.4 Å². The Balaban J connectivity index is 1.22. The minimum atomic E-state index is -1.15. The molecule has 0 aromatic heterocycles. The number of fused-ring (bicyclic) bond motifs is 7. The van der Waals surface area contributed by atoms with Crippen molar-refractivity contribution < 1.29 is 28.6 Å². The average molecular weight is 784 g/mol. The number of hydrogen-bond donors (Lipinski definition) is 1. The maximum Gasteiger partial charge on any atom is 0.309 e. The van der Waals surface area contributed by atoms with Gasteiger partial charge in [0.25, 0.3) is 0 Å². The second-order valence-electron chi connectivity index (χ2n) is 20.2. The van der Waals surface area contributed by atoms with Crippen molar-refractivity contribution in [3.8, 4) is 0 Å². The largest absolute Gasteiger partial charge is 0.481 e. The van der Waals surface area contributed by atoms with Crippen LogP contribution in [-0.2, 0) is 25.7 Å². The van der Waals surface area contributed by atoms with Crippen LogP contribution in [0.2, 0.25) is 5.02 Å². The Kier molecular flexibility index (Phi) is 12.2. The molecule has 0 aliphatic heterocycles. The van der Waals surface area contributed by atoms with Gasteiger partial charge in [-0.15, -0.1) is 0 Å². The van der Waals surface area contributed by atoms with Crippen LogP contribution in [0.3, 0.4) is 0 Å². The first kappa shape index (κ1) is 42.3. The number of benzene rings is 1.